The zero-order valence-electron chi connectivity index (χ0n) is 11.7. The predicted octanol–water partition coefficient (Wildman–Crippen LogP) is 2.95. The van der Waals surface area contributed by atoms with Gasteiger partial charge in [0.25, 0.3) is 0 Å². The molecule has 1 aliphatic rings. The lowest BCUT2D eigenvalue weighted by Gasteiger charge is -2.28. The maximum Gasteiger partial charge on any atom is 0.320 e. The van der Waals surface area contributed by atoms with Crippen LogP contribution < -0.4 is 5.32 Å². The Kier molecular flexibility index (Phi) is 4.59. The molecule has 104 valence electrons. The lowest BCUT2D eigenvalue weighted by molar-refractivity contribution is -0.140. The summed E-state index contributed by atoms with van der Waals surface area (Å²) in [5.41, 5.74) is 2.64. The van der Waals surface area contributed by atoms with Gasteiger partial charge in [-0.3, -0.25) is 4.79 Å². The summed E-state index contributed by atoms with van der Waals surface area (Å²) in [5, 5.41) is 12.3. The Morgan fingerprint density at radius 2 is 2.00 bits per heavy atom. The number of hydrogen-bond donors (Lipinski definition) is 2. The van der Waals surface area contributed by atoms with Crippen LogP contribution in [-0.2, 0) is 11.2 Å². The molecule has 0 bridgehead atoms. The largest absolute Gasteiger partial charge is 0.480 e. The highest BCUT2D eigenvalue weighted by Crippen LogP contribution is 2.19. The van der Waals surface area contributed by atoms with Crippen LogP contribution in [0.3, 0.4) is 0 Å². The van der Waals surface area contributed by atoms with E-state index in [0.29, 0.717) is 12.0 Å². The highest BCUT2D eigenvalue weighted by atomic mass is 16.4. The summed E-state index contributed by atoms with van der Waals surface area (Å²) in [6, 6.07) is 8.62. The normalized spacial score (nSPS) is 23.5. The fourth-order valence-corrected chi connectivity index (χ4v) is 2.70. The molecule has 1 aromatic carbocycles. The van der Waals surface area contributed by atoms with Gasteiger partial charge in [-0.1, -0.05) is 38.1 Å². The number of carboxylic acids is 1. The predicted molar refractivity (Wildman–Crippen MR) is 76.4 cm³/mol. The summed E-state index contributed by atoms with van der Waals surface area (Å²) in [7, 11) is 0. The van der Waals surface area contributed by atoms with Crippen molar-refractivity contribution < 1.29 is 9.90 Å². The van der Waals surface area contributed by atoms with Gasteiger partial charge in [0.15, 0.2) is 0 Å². The van der Waals surface area contributed by atoms with Crippen LogP contribution in [0, 0.1) is 0 Å². The number of aliphatic carboxylic acids is 1. The monoisotopic (exact) mass is 261 g/mol. The highest BCUT2D eigenvalue weighted by molar-refractivity contribution is 5.73. The van der Waals surface area contributed by atoms with Gasteiger partial charge >= 0.3 is 5.97 Å². The van der Waals surface area contributed by atoms with Gasteiger partial charge < -0.3 is 10.4 Å². The molecule has 1 fully saturated rings. The minimum Gasteiger partial charge on any atom is -0.480 e. The topological polar surface area (TPSA) is 49.3 Å². The second-order valence-electron chi connectivity index (χ2n) is 5.79. The summed E-state index contributed by atoms with van der Waals surface area (Å²) < 4.78 is 0. The van der Waals surface area contributed by atoms with Gasteiger partial charge in [-0.2, -0.15) is 0 Å². The molecule has 0 amide bonds. The van der Waals surface area contributed by atoms with Gasteiger partial charge in [-0.15, -0.1) is 0 Å². The Balaban J connectivity index is 1.95. The fourth-order valence-electron chi connectivity index (χ4n) is 2.70. The summed E-state index contributed by atoms with van der Waals surface area (Å²) in [6.07, 6.45) is 3.73. The molecule has 0 aliphatic carbocycles. The first-order valence-corrected chi connectivity index (χ1v) is 7.14. The molecule has 3 nitrogen and oxygen atoms in total. The van der Waals surface area contributed by atoms with Crippen molar-refractivity contribution in [1.82, 2.24) is 5.32 Å². The minimum absolute atomic E-state index is 0.291. The van der Waals surface area contributed by atoms with Crippen molar-refractivity contribution in [3.63, 3.8) is 0 Å². The summed E-state index contributed by atoms with van der Waals surface area (Å²) >= 11 is 0. The van der Waals surface area contributed by atoms with Crippen LogP contribution in [0.15, 0.2) is 24.3 Å². The zero-order valence-corrected chi connectivity index (χ0v) is 11.7. The van der Waals surface area contributed by atoms with E-state index < -0.39 is 5.97 Å². The second-order valence-corrected chi connectivity index (χ2v) is 5.79. The van der Waals surface area contributed by atoms with Crippen molar-refractivity contribution in [2.45, 2.75) is 57.5 Å². The van der Waals surface area contributed by atoms with Gasteiger partial charge in [0.1, 0.15) is 6.04 Å². The number of carbonyl (C=O) groups is 1. The zero-order chi connectivity index (χ0) is 13.8. The average Bonchev–Trinajstić information content (AvgIpc) is 2.39. The smallest absolute Gasteiger partial charge is 0.320 e. The fraction of sp³-hybridized carbons (Fsp3) is 0.562. The van der Waals surface area contributed by atoms with Crippen molar-refractivity contribution in [2.75, 3.05) is 0 Å². The van der Waals surface area contributed by atoms with Crippen molar-refractivity contribution in [3.05, 3.63) is 35.4 Å². The quantitative estimate of drug-likeness (QED) is 0.876. The van der Waals surface area contributed by atoms with E-state index in [9.17, 15) is 4.79 Å². The number of hydrogen-bond acceptors (Lipinski definition) is 2. The number of rotatable bonds is 4. The van der Waals surface area contributed by atoms with Crippen LogP contribution >= 0.6 is 0 Å². The highest BCUT2D eigenvalue weighted by Gasteiger charge is 2.25. The van der Waals surface area contributed by atoms with Gasteiger partial charge in [0, 0.05) is 6.04 Å². The lowest BCUT2D eigenvalue weighted by atomic mass is 9.93. The van der Waals surface area contributed by atoms with Crippen LogP contribution in [-0.4, -0.2) is 23.2 Å². The summed E-state index contributed by atoms with van der Waals surface area (Å²) in [6.45, 7) is 4.38. The summed E-state index contributed by atoms with van der Waals surface area (Å²) in [4.78, 5) is 11.0. The molecule has 2 rings (SSSR count). The molecule has 0 spiro atoms. The van der Waals surface area contributed by atoms with E-state index in [1.807, 2.05) is 0 Å². The van der Waals surface area contributed by atoms with Crippen molar-refractivity contribution >= 4 is 5.97 Å². The van der Waals surface area contributed by atoms with E-state index in [1.54, 1.807) is 0 Å². The van der Waals surface area contributed by atoms with Gasteiger partial charge in [-0.25, -0.2) is 0 Å². The Morgan fingerprint density at radius 1 is 1.32 bits per heavy atom. The first kappa shape index (κ1) is 14.1. The Morgan fingerprint density at radius 3 is 2.58 bits per heavy atom. The van der Waals surface area contributed by atoms with E-state index >= 15 is 0 Å². The Labute approximate surface area is 115 Å². The minimum atomic E-state index is -0.722. The number of nitrogens with one attached hydrogen (secondary N) is 1. The lowest BCUT2D eigenvalue weighted by Crippen LogP contribution is -2.47. The molecule has 2 unspecified atom stereocenters. The van der Waals surface area contributed by atoms with Crippen molar-refractivity contribution in [3.8, 4) is 0 Å². The second kappa shape index (κ2) is 6.20. The molecule has 2 atom stereocenters. The average molecular weight is 261 g/mol. The Bertz CT molecular complexity index is 425. The van der Waals surface area contributed by atoms with Gasteiger partial charge in [0.05, 0.1) is 0 Å². The summed E-state index contributed by atoms with van der Waals surface area (Å²) in [5.74, 6) is -0.168. The number of benzene rings is 1. The van der Waals surface area contributed by atoms with Gasteiger partial charge in [-0.05, 0) is 42.7 Å². The van der Waals surface area contributed by atoms with E-state index in [2.05, 4.69) is 43.4 Å². The first-order chi connectivity index (χ1) is 9.06. The molecule has 1 aromatic rings. The third-order valence-corrected chi connectivity index (χ3v) is 3.91. The Hall–Kier alpha value is -1.35. The molecule has 3 heteroatoms. The molecule has 0 radical (unpaired) electrons. The van der Waals surface area contributed by atoms with Crippen molar-refractivity contribution in [2.24, 2.45) is 0 Å². The maximum absolute atomic E-state index is 11.0. The molecular weight excluding hydrogens is 238 g/mol. The number of carboxylic acid groups (broad SMARTS) is 1. The van der Waals surface area contributed by atoms with E-state index in [1.165, 1.54) is 11.1 Å². The first-order valence-electron chi connectivity index (χ1n) is 7.14. The molecule has 1 aliphatic heterocycles. The third kappa shape index (κ3) is 3.80. The third-order valence-electron chi connectivity index (χ3n) is 3.91. The van der Waals surface area contributed by atoms with Crippen LogP contribution in [0.4, 0.5) is 0 Å². The molecule has 2 N–H and O–H groups in total. The number of piperidine rings is 1. The van der Waals surface area contributed by atoms with Gasteiger partial charge in [0.2, 0.25) is 0 Å². The van der Waals surface area contributed by atoms with Crippen LogP contribution in [0.1, 0.15) is 50.2 Å². The molecule has 19 heavy (non-hydrogen) atoms. The molecule has 0 saturated carbocycles. The van der Waals surface area contributed by atoms with Crippen molar-refractivity contribution in [1.29, 1.82) is 0 Å². The SMILES string of the molecule is CC(C)c1ccc(CC2CCCC(C(=O)O)N2)cc1. The van der Waals surface area contributed by atoms with Crippen LogP contribution in [0.5, 0.6) is 0 Å². The molecule has 1 heterocycles. The van der Waals surface area contributed by atoms with E-state index in [-0.39, 0.29) is 6.04 Å². The van der Waals surface area contributed by atoms with Crippen LogP contribution in [0.2, 0.25) is 0 Å². The van der Waals surface area contributed by atoms with Crippen LogP contribution in [0.25, 0.3) is 0 Å². The maximum atomic E-state index is 11.0. The molecule has 1 saturated heterocycles. The van der Waals surface area contributed by atoms with E-state index in [4.69, 9.17) is 5.11 Å². The standard InChI is InChI=1S/C16H23NO2/c1-11(2)13-8-6-12(7-9-13)10-14-4-3-5-15(17-14)16(18)19/h6-9,11,14-15,17H,3-5,10H2,1-2H3,(H,18,19). The molecule has 0 aromatic heterocycles. The molecular formula is C16H23NO2. The van der Waals surface area contributed by atoms with E-state index in [0.717, 1.165) is 25.7 Å².